The van der Waals surface area contributed by atoms with Gasteiger partial charge in [-0.1, -0.05) is 6.07 Å². The summed E-state index contributed by atoms with van der Waals surface area (Å²) in [6, 6.07) is 7.24. The van der Waals surface area contributed by atoms with Crippen LogP contribution in [0.5, 0.6) is 5.75 Å². The Kier molecular flexibility index (Phi) is 6.03. The molecule has 5 N–H and O–H groups in total. The van der Waals surface area contributed by atoms with Gasteiger partial charge in [-0.15, -0.1) is 0 Å². The van der Waals surface area contributed by atoms with E-state index in [1.807, 2.05) is 39.0 Å². The van der Waals surface area contributed by atoms with Crippen LogP contribution >= 0.6 is 0 Å². The highest BCUT2D eigenvalue weighted by Crippen LogP contribution is 2.36. The number of likely N-dealkylation sites (tertiary alicyclic amines) is 1. The van der Waals surface area contributed by atoms with Crippen LogP contribution in [0.15, 0.2) is 30.5 Å². The highest BCUT2D eigenvalue weighted by Gasteiger charge is 2.36. The van der Waals surface area contributed by atoms with Crippen molar-refractivity contribution in [1.29, 1.82) is 0 Å². The average Bonchev–Trinajstić information content (AvgIpc) is 3.12. The minimum atomic E-state index is -1.04. The number of hydrogen-bond acceptors (Lipinski definition) is 8. The number of pyridine rings is 1. The summed E-state index contributed by atoms with van der Waals surface area (Å²) < 4.78 is 12.6. The Bertz CT molecular complexity index is 1210. The third kappa shape index (κ3) is 4.72. The van der Waals surface area contributed by atoms with Gasteiger partial charge in [0, 0.05) is 24.8 Å². The molecule has 1 saturated heterocycles. The number of aliphatic hydroxyl groups is 1. The second-order valence-corrected chi connectivity index (χ2v) is 9.75. The van der Waals surface area contributed by atoms with Crippen molar-refractivity contribution in [2.75, 3.05) is 31.7 Å². The molecule has 1 aromatic carbocycles. The lowest BCUT2D eigenvalue weighted by Gasteiger charge is -2.38. The highest BCUT2D eigenvalue weighted by molar-refractivity contribution is 6.00. The van der Waals surface area contributed by atoms with E-state index < -0.39 is 11.2 Å². The molecule has 0 spiro atoms. The Labute approximate surface area is 198 Å². The number of ether oxygens (including phenoxy) is 2. The molecule has 0 radical (unpaired) electrons. The molecule has 10 heteroatoms. The summed E-state index contributed by atoms with van der Waals surface area (Å²) in [6.07, 6.45) is 2.06. The van der Waals surface area contributed by atoms with Crippen molar-refractivity contribution in [3.63, 3.8) is 0 Å². The number of methoxy groups -OCH3 is 1. The van der Waals surface area contributed by atoms with E-state index in [0.29, 0.717) is 54.3 Å². The first-order valence-electron chi connectivity index (χ1n) is 11.2. The maximum atomic E-state index is 12.4. The minimum absolute atomic E-state index is 0.251. The SMILES string of the molecule is COc1cc(-c2nn(CC3(O)CCN(C(=O)OC(C)(C)C)CC3)c3ccnc(N)c23)ccc1N. The first-order valence-corrected chi connectivity index (χ1v) is 11.2. The number of nitrogen functional groups attached to an aromatic ring is 2. The molecule has 34 heavy (non-hydrogen) atoms. The second kappa shape index (κ2) is 8.68. The molecule has 182 valence electrons. The summed E-state index contributed by atoms with van der Waals surface area (Å²) in [5.74, 6) is 0.886. The maximum absolute atomic E-state index is 12.4. The van der Waals surface area contributed by atoms with Gasteiger partial charge >= 0.3 is 6.09 Å². The number of aromatic nitrogens is 3. The molecule has 2 aromatic heterocycles. The van der Waals surface area contributed by atoms with Gasteiger partial charge in [0.25, 0.3) is 0 Å². The first-order chi connectivity index (χ1) is 16.0. The fraction of sp³-hybridized carbons (Fsp3) is 0.458. The number of amides is 1. The normalized spacial score (nSPS) is 16.0. The number of rotatable bonds is 4. The molecule has 10 nitrogen and oxygen atoms in total. The van der Waals surface area contributed by atoms with Gasteiger partial charge < -0.3 is 30.9 Å². The molecular weight excluding hydrogens is 436 g/mol. The van der Waals surface area contributed by atoms with Gasteiger partial charge in [0.2, 0.25) is 0 Å². The zero-order valence-electron chi connectivity index (χ0n) is 20.0. The first kappa shape index (κ1) is 23.6. The third-order valence-electron chi connectivity index (χ3n) is 5.99. The van der Waals surface area contributed by atoms with Crippen LogP contribution in [0.1, 0.15) is 33.6 Å². The Morgan fingerprint density at radius 2 is 1.91 bits per heavy atom. The van der Waals surface area contributed by atoms with Crippen molar-refractivity contribution < 1.29 is 19.4 Å². The zero-order chi connectivity index (χ0) is 24.7. The van der Waals surface area contributed by atoms with Crippen LogP contribution in [0.2, 0.25) is 0 Å². The molecule has 0 atom stereocenters. The number of hydrogen-bond donors (Lipinski definition) is 3. The number of nitrogens with zero attached hydrogens (tertiary/aromatic N) is 4. The van der Waals surface area contributed by atoms with Crippen molar-refractivity contribution in [3.05, 3.63) is 30.5 Å². The number of benzene rings is 1. The van der Waals surface area contributed by atoms with Crippen molar-refractivity contribution in [2.24, 2.45) is 0 Å². The van der Waals surface area contributed by atoms with Gasteiger partial charge in [-0.05, 0) is 51.8 Å². The van der Waals surface area contributed by atoms with Crippen molar-refractivity contribution in [3.8, 4) is 17.0 Å². The molecule has 0 bridgehead atoms. The zero-order valence-corrected chi connectivity index (χ0v) is 20.0. The third-order valence-corrected chi connectivity index (χ3v) is 5.99. The molecule has 4 rings (SSSR count). The predicted octanol–water partition coefficient (Wildman–Crippen LogP) is 3.03. The fourth-order valence-electron chi connectivity index (χ4n) is 4.20. The molecule has 0 aliphatic carbocycles. The van der Waals surface area contributed by atoms with Crippen LogP contribution in [-0.4, -0.2) is 62.3 Å². The molecule has 1 amide bonds. The Morgan fingerprint density at radius 1 is 1.21 bits per heavy atom. The lowest BCUT2D eigenvalue weighted by molar-refractivity contribution is -0.0424. The number of fused-ring (bicyclic) bond motifs is 1. The van der Waals surface area contributed by atoms with Crippen molar-refractivity contribution >= 4 is 28.5 Å². The quantitative estimate of drug-likeness (QED) is 0.496. The smallest absolute Gasteiger partial charge is 0.410 e. The van der Waals surface area contributed by atoms with E-state index in [2.05, 4.69) is 4.98 Å². The van der Waals surface area contributed by atoms with Gasteiger partial charge in [0.05, 0.1) is 35.8 Å². The van der Waals surface area contributed by atoms with Gasteiger partial charge in [0.15, 0.2) is 0 Å². The van der Waals surface area contributed by atoms with Crippen molar-refractivity contribution in [1.82, 2.24) is 19.7 Å². The van der Waals surface area contributed by atoms with E-state index in [-0.39, 0.29) is 12.6 Å². The monoisotopic (exact) mass is 468 g/mol. The van der Waals surface area contributed by atoms with Gasteiger partial charge in [0.1, 0.15) is 22.9 Å². The number of nitrogens with two attached hydrogens (primary N) is 2. The number of piperidine rings is 1. The molecule has 0 saturated carbocycles. The molecule has 1 fully saturated rings. The maximum Gasteiger partial charge on any atom is 0.410 e. The van der Waals surface area contributed by atoms with Gasteiger partial charge in [-0.2, -0.15) is 5.10 Å². The summed E-state index contributed by atoms with van der Waals surface area (Å²) in [6.45, 7) is 6.56. The molecule has 1 aliphatic rings. The van der Waals surface area contributed by atoms with Crippen LogP contribution in [0.25, 0.3) is 22.2 Å². The van der Waals surface area contributed by atoms with Gasteiger partial charge in [-0.3, -0.25) is 4.68 Å². The Hall–Kier alpha value is -3.53. The fourth-order valence-corrected chi connectivity index (χ4v) is 4.20. The van der Waals surface area contributed by atoms with Crippen LogP contribution < -0.4 is 16.2 Å². The number of carbonyl (C=O) groups excluding carboxylic acids is 1. The summed E-state index contributed by atoms with van der Waals surface area (Å²) in [5.41, 5.74) is 13.3. The molecular formula is C24H32N6O4. The molecule has 3 aromatic rings. The summed E-state index contributed by atoms with van der Waals surface area (Å²) >= 11 is 0. The van der Waals surface area contributed by atoms with Crippen LogP contribution in [0, 0.1) is 0 Å². The number of anilines is 2. The van der Waals surface area contributed by atoms with Gasteiger partial charge in [-0.25, -0.2) is 9.78 Å². The van der Waals surface area contributed by atoms with E-state index in [9.17, 15) is 9.90 Å². The average molecular weight is 469 g/mol. The molecule has 3 heterocycles. The Morgan fingerprint density at radius 3 is 2.56 bits per heavy atom. The summed E-state index contributed by atoms with van der Waals surface area (Å²) in [4.78, 5) is 18.3. The van der Waals surface area contributed by atoms with E-state index in [1.165, 1.54) is 0 Å². The number of carbonyl (C=O) groups is 1. The van der Waals surface area contributed by atoms with Crippen LogP contribution in [-0.2, 0) is 11.3 Å². The predicted molar refractivity (Wildman–Crippen MR) is 130 cm³/mol. The standard InChI is InChI=1S/C24H32N6O4/c1-23(2,3)34-22(31)29-11-8-24(32,9-12-29)14-30-17-7-10-27-21(26)19(17)20(28-30)15-5-6-16(25)18(13-15)33-4/h5-7,10,13,32H,8-9,11-12,14,25H2,1-4H3,(H2,26,27). The van der Waals surface area contributed by atoms with E-state index >= 15 is 0 Å². The van der Waals surface area contributed by atoms with Crippen LogP contribution in [0.3, 0.4) is 0 Å². The minimum Gasteiger partial charge on any atom is -0.495 e. The topological polar surface area (TPSA) is 142 Å². The molecule has 0 unspecified atom stereocenters. The van der Waals surface area contributed by atoms with E-state index in [0.717, 1.165) is 11.1 Å². The summed E-state index contributed by atoms with van der Waals surface area (Å²) in [7, 11) is 1.56. The second-order valence-electron chi connectivity index (χ2n) is 9.75. The van der Waals surface area contributed by atoms with E-state index in [1.54, 1.807) is 29.0 Å². The lowest BCUT2D eigenvalue weighted by atomic mass is 9.91. The van der Waals surface area contributed by atoms with Crippen LogP contribution in [0.4, 0.5) is 16.3 Å². The summed E-state index contributed by atoms with van der Waals surface area (Å²) in [5, 5.41) is 16.9. The lowest BCUT2D eigenvalue weighted by Crippen LogP contribution is -2.49. The Balaban J connectivity index is 1.61. The highest BCUT2D eigenvalue weighted by atomic mass is 16.6. The van der Waals surface area contributed by atoms with Crippen molar-refractivity contribution in [2.45, 2.75) is 51.4 Å². The molecule has 1 aliphatic heterocycles. The largest absolute Gasteiger partial charge is 0.495 e. The van der Waals surface area contributed by atoms with E-state index in [4.69, 9.17) is 26.0 Å².